The molecule has 0 aromatic rings. The number of carbonyl (C=O) groups excluding carboxylic acids is 1. The summed E-state index contributed by atoms with van der Waals surface area (Å²) < 4.78 is 0. The van der Waals surface area contributed by atoms with Gasteiger partial charge < -0.3 is 10.2 Å². The van der Waals surface area contributed by atoms with E-state index in [0.717, 1.165) is 19.4 Å². The van der Waals surface area contributed by atoms with E-state index in [9.17, 15) is 4.79 Å². The van der Waals surface area contributed by atoms with Crippen LogP contribution in [0.3, 0.4) is 0 Å². The van der Waals surface area contributed by atoms with Crippen LogP contribution in [-0.4, -0.2) is 25.1 Å². The highest BCUT2D eigenvalue weighted by molar-refractivity contribution is 5.76. The summed E-state index contributed by atoms with van der Waals surface area (Å²) >= 11 is 0. The van der Waals surface area contributed by atoms with E-state index in [1.807, 2.05) is 6.92 Å². The fourth-order valence-electron chi connectivity index (χ4n) is 1.28. The Bertz CT molecular complexity index is 150. The van der Waals surface area contributed by atoms with Gasteiger partial charge in [-0.2, -0.15) is 5.48 Å². The quantitative estimate of drug-likeness (QED) is 0.598. The predicted molar refractivity (Wildman–Crippen MR) is 45.4 cm³/mol. The third kappa shape index (κ3) is 3.19. The number of carbonyl (C=O) groups is 1. The first-order valence-corrected chi connectivity index (χ1v) is 4.47. The fraction of sp³-hybridized carbons (Fsp3) is 0.875. The monoisotopic (exact) mass is 172 g/mol. The summed E-state index contributed by atoms with van der Waals surface area (Å²) in [7, 11) is 0. The van der Waals surface area contributed by atoms with E-state index in [-0.39, 0.29) is 11.9 Å². The molecule has 12 heavy (non-hydrogen) atoms. The summed E-state index contributed by atoms with van der Waals surface area (Å²) in [6, 6.07) is 0.187. The molecule has 0 spiro atoms. The summed E-state index contributed by atoms with van der Waals surface area (Å²) in [4.78, 5) is 16.1. The molecule has 0 aliphatic carbocycles. The molecule has 70 valence electrons. The van der Waals surface area contributed by atoms with Crippen molar-refractivity contribution >= 4 is 5.91 Å². The highest BCUT2D eigenvalue weighted by Gasteiger charge is 2.16. The van der Waals surface area contributed by atoms with Gasteiger partial charge >= 0.3 is 0 Å². The Morgan fingerprint density at radius 2 is 2.58 bits per heavy atom. The molecule has 4 heteroatoms. The van der Waals surface area contributed by atoms with E-state index in [1.54, 1.807) is 0 Å². The van der Waals surface area contributed by atoms with Gasteiger partial charge in [-0.25, -0.2) is 0 Å². The van der Waals surface area contributed by atoms with Crippen LogP contribution in [0.5, 0.6) is 0 Å². The maximum atomic E-state index is 11.0. The van der Waals surface area contributed by atoms with Crippen molar-refractivity contribution in [2.45, 2.75) is 32.2 Å². The van der Waals surface area contributed by atoms with Crippen molar-refractivity contribution in [1.29, 1.82) is 0 Å². The molecule has 1 rings (SSSR count). The van der Waals surface area contributed by atoms with Gasteiger partial charge in [-0.15, -0.1) is 0 Å². The maximum Gasteiger partial charge on any atom is 0.221 e. The molecular formula is C8H16N2O2. The van der Waals surface area contributed by atoms with Crippen molar-refractivity contribution in [3.05, 3.63) is 0 Å². The number of hydrogen-bond donors (Lipinski definition) is 2. The fourth-order valence-corrected chi connectivity index (χ4v) is 1.28. The lowest BCUT2D eigenvalue weighted by molar-refractivity contribution is -0.122. The first-order chi connectivity index (χ1) is 5.83. The lowest BCUT2D eigenvalue weighted by Gasteiger charge is -2.13. The van der Waals surface area contributed by atoms with Crippen molar-refractivity contribution in [1.82, 2.24) is 10.8 Å². The highest BCUT2D eigenvalue weighted by atomic mass is 16.6. The van der Waals surface area contributed by atoms with Crippen LogP contribution in [0, 0.1) is 0 Å². The Kier molecular flexibility index (Phi) is 4.04. The third-order valence-electron chi connectivity index (χ3n) is 1.88. The van der Waals surface area contributed by atoms with E-state index in [0.29, 0.717) is 13.0 Å². The SMILES string of the molecule is CCONC1CCCNC(=O)C1. The first-order valence-electron chi connectivity index (χ1n) is 4.47. The number of amides is 1. The molecule has 0 aromatic carbocycles. The Morgan fingerprint density at radius 1 is 1.75 bits per heavy atom. The van der Waals surface area contributed by atoms with E-state index in [2.05, 4.69) is 10.8 Å². The molecule has 0 aromatic heterocycles. The maximum absolute atomic E-state index is 11.0. The molecule has 4 nitrogen and oxygen atoms in total. The smallest absolute Gasteiger partial charge is 0.221 e. The van der Waals surface area contributed by atoms with Gasteiger partial charge in [-0.1, -0.05) is 0 Å². The molecule has 1 amide bonds. The molecule has 1 aliphatic rings. The Labute approximate surface area is 72.6 Å². The molecule has 0 radical (unpaired) electrons. The molecule has 1 heterocycles. The van der Waals surface area contributed by atoms with Gasteiger partial charge in [0, 0.05) is 19.0 Å². The lowest BCUT2D eigenvalue weighted by Crippen LogP contribution is -2.32. The minimum absolute atomic E-state index is 0.115. The van der Waals surface area contributed by atoms with Gasteiger partial charge in [0.05, 0.1) is 6.61 Å². The molecule has 0 bridgehead atoms. The highest BCUT2D eigenvalue weighted by Crippen LogP contribution is 2.05. The minimum atomic E-state index is 0.115. The van der Waals surface area contributed by atoms with Crippen LogP contribution in [0.15, 0.2) is 0 Å². The second-order valence-corrected chi connectivity index (χ2v) is 2.94. The van der Waals surface area contributed by atoms with Crippen LogP contribution < -0.4 is 10.8 Å². The van der Waals surface area contributed by atoms with Crippen LogP contribution in [0.25, 0.3) is 0 Å². The van der Waals surface area contributed by atoms with Gasteiger partial charge in [0.25, 0.3) is 0 Å². The van der Waals surface area contributed by atoms with Crippen molar-refractivity contribution in [2.75, 3.05) is 13.2 Å². The standard InChI is InChI=1S/C8H16N2O2/c1-2-12-10-7-4-3-5-9-8(11)6-7/h7,10H,2-6H2,1H3,(H,9,11). The zero-order chi connectivity index (χ0) is 8.81. The molecule has 2 N–H and O–H groups in total. The van der Waals surface area contributed by atoms with E-state index >= 15 is 0 Å². The molecule has 1 unspecified atom stereocenters. The molecule has 1 saturated heterocycles. The Morgan fingerprint density at radius 3 is 3.33 bits per heavy atom. The number of hydrogen-bond acceptors (Lipinski definition) is 3. The molecule has 1 atom stereocenters. The van der Waals surface area contributed by atoms with Gasteiger partial charge in [0.15, 0.2) is 0 Å². The van der Waals surface area contributed by atoms with Crippen molar-refractivity contribution in [3.8, 4) is 0 Å². The van der Waals surface area contributed by atoms with Crippen molar-refractivity contribution in [3.63, 3.8) is 0 Å². The average molecular weight is 172 g/mol. The summed E-state index contributed by atoms with van der Waals surface area (Å²) in [5, 5.41) is 2.82. The average Bonchev–Trinajstić information content (AvgIpc) is 2.26. The second kappa shape index (κ2) is 5.11. The van der Waals surface area contributed by atoms with Gasteiger partial charge in [-0.3, -0.25) is 4.79 Å². The predicted octanol–water partition coefficient (Wildman–Crippen LogP) is 0.196. The molecule has 1 aliphatic heterocycles. The number of nitrogens with one attached hydrogen (secondary N) is 2. The Balaban J connectivity index is 2.26. The van der Waals surface area contributed by atoms with Crippen molar-refractivity contribution in [2.24, 2.45) is 0 Å². The normalized spacial score (nSPS) is 24.8. The van der Waals surface area contributed by atoms with Gasteiger partial charge in [0.2, 0.25) is 5.91 Å². The first kappa shape index (κ1) is 9.48. The molecule has 0 saturated carbocycles. The van der Waals surface area contributed by atoms with Crippen LogP contribution in [0.4, 0.5) is 0 Å². The molecular weight excluding hydrogens is 156 g/mol. The second-order valence-electron chi connectivity index (χ2n) is 2.94. The van der Waals surface area contributed by atoms with Crippen LogP contribution in [-0.2, 0) is 9.63 Å². The number of hydroxylamine groups is 1. The third-order valence-corrected chi connectivity index (χ3v) is 1.88. The largest absolute Gasteiger partial charge is 0.356 e. The zero-order valence-corrected chi connectivity index (χ0v) is 7.43. The van der Waals surface area contributed by atoms with Gasteiger partial charge in [0.1, 0.15) is 0 Å². The summed E-state index contributed by atoms with van der Waals surface area (Å²) in [6.45, 7) is 3.35. The van der Waals surface area contributed by atoms with Crippen molar-refractivity contribution < 1.29 is 9.63 Å². The topological polar surface area (TPSA) is 50.4 Å². The summed E-state index contributed by atoms with van der Waals surface area (Å²) in [5.41, 5.74) is 2.88. The number of rotatable bonds is 3. The lowest BCUT2D eigenvalue weighted by atomic mass is 10.1. The Hall–Kier alpha value is -0.610. The van der Waals surface area contributed by atoms with E-state index in [4.69, 9.17) is 4.84 Å². The summed E-state index contributed by atoms with van der Waals surface area (Å²) in [5.74, 6) is 0.115. The summed E-state index contributed by atoms with van der Waals surface area (Å²) in [6.07, 6.45) is 2.55. The van der Waals surface area contributed by atoms with Crippen LogP contribution in [0.1, 0.15) is 26.2 Å². The van der Waals surface area contributed by atoms with Crippen LogP contribution >= 0.6 is 0 Å². The van der Waals surface area contributed by atoms with E-state index < -0.39 is 0 Å². The van der Waals surface area contributed by atoms with E-state index in [1.165, 1.54) is 0 Å². The van der Waals surface area contributed by atoms with Crippen LogP contribution in [0.2, 0.25) is 0 Å². The minimum Gasteiger partial charge on any atom is -0.356 e. The molecule has 1 fully saturated rings. The zero-order valence-electron chi connectivity index (χ0n) is 7.43. The van der Waals surface area contributed by atoms with Gasteiger partial charge in [-0.05, 0) is 19.8 Å².